The van der Waals surface area contributed by atoms with E-state index in [1.165, 1.54) is 27.9 Å². The van der Waals surface area contributed by atoms with Crippen LogP contribution in [0.15, 0.2) is 39.0 Å². The Morgan fingerprint density at radius 1 is 1.28 bits per heavy atom. The molecule has 0 spiro atoms. The number of halogens is 1. The maximum Gasteiger partial charge on any atom is 0.329 e. The Morgan fingerprint density at radius 3 is 2.62 bits per heavy atom. The minimum absolute atomic E-state index is 0.0213. The molecule has 0 fully saturated rings. The lowest BCUT2D eigenvalue weighted by Gasteiger charge is -2.15. The summed E-state index contributed by atoms with van der Waals surface area (Å²) in [7, 11) is 1.50. The number of nitrogens with zero attached hydrogens (tertiary/aromatic N) is 3. The van der Waals surface area contributed by atoms with Crippen LogP contribution in [0.5, 0.6) is 5.75 Å². The molecule has 29 heavy (non-hydrogen) atoms. The van der Waals surface area contributed by atoms with Gasteiger partial charge in [0.05, 0.1) is 12.6 Å². The molecule has 0 aliphatic carbocycles. The molecule has 2 aromatic heterocycles. The SMILES string of the molecule is C[C@@H](O)CSc1nc2c(c(=O)[nH]c(=O)n2C)n1C[C@@H](O)COc1ccc(Cl)cc1. The van der Waals surface area contributed by atoms with Gasteiger partial charge in [-0.1, -0.05) is 23.4 Å². The second kappa shape index (κ2) is 9.04. The molecule has 3 N–H and O–H groups in total. The summed E-state index contributed by atoms with van der Waals surface area (Å²) in [6.45, 7) is 1.64. The van der Waals surface area contributed by atoms with Crippen molar-refractivity contribution in [3.05, 3.63) is 50.1 Å². The molecule has 0 amide bonds. The van der Waals surface area contributed by atoms with Gasteiger partial charge in [0.25, 0.3) is 5.56 Å². The molecular formula is C18H21ClN4O5S. The van der Waals surface area contributed by atoms with Crippen molar-refractivity contribution in [2.45, 2.75) is 30.8 Å². The zero-order valence-corrected chi connectivity index (χ0v) is 17.4. The van der Waals surface area contributed by atoms with Crippen molar-refractivity contribution in [1.29, 1.82) is 0 Å². The smallest absolute Gasteiger partial charge is 0.329 e. The van der Waals surface area contributed by atoms with Gasteiger partial charge >= 0.3 is 5.69 Å². The van der Waals surface area contributed by atoms with Crippen LogP contribution in [0.4, 0.5) is 0 Å². The predicted molar refractivity (Wildman–Crippen MR) is 111 cm³/mol. The molecule has 0 aliphatic rings. The van der Waals surface area contributed by atoms with E-state index in [0.29, 0.717) is 21.7 Å². The number of thioether (sulfide) groups is 1. The number of nitrogens with one attached hydrogen (secondary N) is 1. The van der Waals surface area contributed by atoms with Crippen molar-refractivity contribution in [2.75, 3.05) is 12.4 Å². The maximum atomic E-state index is 12.4. The Kier molecular flexibility index (Phi) is 6.68. The van der Waals surface area contributed by atoms with Crippen LogP contribution in [0.3, 0.4) is 0 Å². The van der Waals surface area contributed by atoms with Gasteiger partial charge in [0.15, 0.2) is 16.3 Å². The second-order valence-electron chi connectivity index (χ2n) is 6.57. The molecule has 0 saturated heterocycles. The number of aliphatic hydroxyl groups excluding tert-OH is 2. The number of hydrogen-bond donors (Lipinski definition) is 3. The number of rotatable bonds is 8. The summed E-state index contributed by atoms with van der Waals surface area (Å²) < 4.78 is 8.34. The lowest BCUT2D eigenvalue weighted by molar-refractivity contribution is 0.0913. The molecule has 0 radical (unpaired) electrons. The third-order valence-electron chi connectivity index (χ3n) is 4.08. The summed E-state index contributed by atoms with van der Waals surface area (Å²) in [6.07, 6.45) is -1.54. The van der Waals surface area contributed by atoms with E-state index < -0.39 is 23.5 Å². The van der Waals surface area contributed by atoms with Crippen LogP contribution in [-0.2, 0) is 13.6 Å². The summed E-state index contributed by atoms with van der Waals surface area (Å²) in [5, 5.41) is 21.0. The van der Waals surface area contributed by atoms with Crippen molar-refractivity contribution < 1.29 is 14.9 Å². The van der Waals surface area contributed by atoms with Gasteiger partial charge in [-0.25, -0.2) is 9.78 Å². The van der Waals surface area contributed by atoms with Crippen LogP contribution in [-0.4, -0.2) is 53.9 Å². The average Bonchev–Trinajstić information content (AvgIpc) is 3.03. The van der Waals surface area contributed by atoms with E-state index in [4.69, 9.17) is 16.3 Å². The number of ether oxygens (including phenoxy) is 1. The van der Waals surface area contributed by atoms with E-state index in [2.05, 4.69) is 9.97 Å². The van der Waals surface area contributed by atoms with Gasteiger partial charge in [0, 0.05) is 17.8 Å². The van der Waals surface area contributed by atoms with E-state index in [9.17, 15) is 19.8 Å². The quantitative estimate of drug-likeness (QED) is 0.446. The molecule has 3 aromatic rings. The van der Waals surface area contributed by atoms with Gasteiger partial charge in [-0.3, -0.25) is 14.3 Å². The Balaban J connectivity index is 1.88. The molecule has 11 heteroatoms. The van der Waals surface area contributed by atoms with Gasteiger partial charge in [0.2, 0.25) is 0 Å². The average molecular weight is 441 g/mol. The summed E-state index contributed by atoms with van der Waals surface area (Å²) in [6, 6.07) is 6.73. The number of aromatic amines is 1. The number of benzene rings is 1. The first-order valence-electron chi connectivity index (χ1n) is 8.83. The first-order valence-corrected chi connectivity index (χ1v) is 10.2. The third-order valence-corrected chi connectivity index (χ3v) is 5.55. The van der Waals surface area contributed by atoms with Crippen LogP contribution < -0.4 is 16.0 Å². The Hall–Kier alpha value is -2.27. The molecule has 3 rings (SSSR count). The number of aliphatic hydroxyl groups is 2. The lowest BCUT2D eigenvalue weighted by atomic mass is 10.3. The molecule has 0 unspecified atom stereocenters. The van der Waals surface area contributed by atoms with Gasteiger partial charge in [-0.2, -0.15) is 0 Å². The number of fused-ring (bicyclic) bond motifs is 1. The standard InChI is InChI=1S/C18H21ClN4O5S/c1-10(24)9-29-18-20-15-14(16(26)21-17(27)22(15)2)23(18)7-12(25)8-28-13-5-3-11(19)4-6-13/h3-6,10,12,24-25H,7-9H2,1-2H3,(H,21,26,27)/t10-,12-/m1/s1. The molecule has 0 aliphatic heterocycles. The molecule has 1 aromatic carbocycles. The lowest BCUT2D eigenvalue weighted by Crippen LogP contribution is -2.30. The zero-order valence-electron chi connectivity index (χ0n) is 15.8. The topological polar surface area (TPSA) is 122 Å². The number of hydrogen-bond acceptors (Lipinski definition) is 7. The second-order valence-corrected chi connectivity index (χ2v) is 8.00. The van der Waals surface area contributed by atoms with Gasteiger partial charge in [-0.15, -0.1) is 0 Å². The Labute approximate surface area is 174 Å². The van der Waals surface area contributed by atoms with Crippen LogP contribution in [0, 0.1) is 0 Å². The number of imidazole rings is 1. The van der Waals surface area contributed by atoms with Crippen molar-refractivity contribution in [3.8, 4) is 5.75 Å². The number of H-pyrrole nitrogens is 1. The van der Waals surface area contributed by atoms with E-state index in [-0.39, 0.29) is 24.3 Å². The minimum atomic E-state index is -0.953. The highest BCUT2D eigenvalue weighted by molar-refractivity contribution is 7.99. The fourth-order valence-corrected chi connectivity index (χ4v) is 3.66. The highest BCUT2D eigenvalue weighted by atomic mass is 35.5. The van der Waals surface area contributed by atoms with Crippen molar-refractivity contribution in [2.24, 2.45) is 7.05 Å². The van der Waals surface area contributed by atoms with Gasteiger partial charge in [-0.05, 0) is 31.2 Å². The number of aryl methyl sites for hydroxylation is 1. The molecule has 9 nitrogen and oxygen atoms in total. The van der Waals surface area contributed by atoms with Crippen molar-refractivity contribution in [3.63, 3.8) is 0 Å². The normalized spacial score (nSPS) is 13.6. The zero-order chi connectivity index (χ0) is 21.1. The third kappa shape index (κ3) is 5.02. The summed E-state index contributed by atoms with van der Waals surface area (Å²) in [4.78, 5) is 30.9. The van der Waals surface area contributed by atoms with Gasteiger partial charge < -0.3 is 19.5 Å². The molecular weight excluding hydrogens is 420 g/mol. The maximum absolute atomic E-state index is 12.4. The van der Waals surface area contributed by atoms with Crippen LogP contribution in [0.25, 0.3) is 11.2 Å². The summed E-state index contributed by atoms with van der Waals surface area (Å²) in [5.41, 5.74) is -0.792. The molecule has 2 atom stereocenters. The largest absolute Gasteiger partial charge is 0.491 e. The van der Waals surface area contributed by atoms with E-state index in [0.717, 1.165) is 0 Å². The first kappa shape index (κ1) is 21.4. The summed E-state index contributed by atoms with van der Waals surface area (Å²) in [5.74, 6) is 0.889. The summed E-state index contributed by atoms with van der Waals surface area (Å²) >= 11 is 7.07. The van der Waals surface area contributed by atoms with E-state index >= 15 is 0 Å². The molecule has 156 valence electrons. The molecule has 2 heterocycles. The van der Waals surface area contributed by atoms with Crippen molar-refractivity contribution in [1.82, 2.24) is 19.1 Å². The fourth-order valence-electron chi connectivity index (χ4n) is 2.68. The Morgan fingerprint density at radius 2 is 1.97 bits per heavy atom. The molecule has 0 saturated carbocycles. The van der Waals surface area contributed by atoms with E-state index in [1.807, 2.05) is 0 Å². The van der Waals surface area contributed by atoms with Crippen LogP contribution in [0.1, 0.15) is 6.92 Å². The van der Waals surface area contributed by atoms with E-state index in [1.54, 1.807) is 31.2 Å². The monoisotopic (exact) mass is 440 g/mol. The first-order chi connectivity index (χ1) is 13.8. The van der Waals surface area contributed by atoms with Gasteiger partial charge in [0.1, 0.15) is 18.5 Å². The van der Waals surface area contributed by atoms with Crippen molar-refractivity contribution >= 4 is 34.5 Å². The fraction of sp³-hybridized carbons (Fsp3) is 0.389. The van der Waals surface area contributed by atoms with Crippen LogP contribution in [0.2, 0.25) is 5.02 Å². The number of aromatic nitrogens is 4. The predicted octanol–water partition coefficient (Wildman–Crippen LogP) is 0.989. The highest BCUT2D eigenvalue weighted by Gasteiger charge is 2.20. The Bertz CT molecular complexity index is 1110. The minimum Gasteiger partial charge on any atom is -0.491 e. The van der Waals surface area contributed by atoms with Crippen LogP contribution >= 0.6 is 23.4 Å². The highest BCUT2D eigenvalue weighted by Crippen LogP contribution is 2.23. The molecule has 0 bridgehead atoms.